The Morgan fingerprint density at radius 3 is 2.50 bits per heavy atom. The van der Waals surface area contributed by atoms with Crippen molar-refractivity contribution >= 4 is 34.7 Å². The molecule has 6 heteroatoms. The average Bonchev–Trinajstić information content (AvgIpc) is 2.44. The first-order chi connectivity index (χ1) is 9.58. The van der Waals surface area contributed by atoms with Crippen LogP contribution in [0.5, 0.6) is 5.75 Å². The summed E-state index contributed by atoms with van der Waals surface area (Å²) >= 11 is 5.77. The molecule has 0 bridgehead atoms. The van der Waals surface area contributed by atoms with E-state index in [9.17, 15) is 4.79 Å². The summed E-state index contributed by atoms with van der Waals surface area (Å²) < 4.78 is 5.08. The van der Waals surface area contributed by atoms with Crippen molar-refractivity contribution in [1.82, 2.24) is 0 Å². The Balaban J connectivity index is 2.06. The SMILES string of the molecule is COc1ccc(N)c(NC(=O)Nc2ccc(Cl)cc2)c1. The van der Waals surface area contributed by atoms with E-state index in [0.717, 1.165) is 0 Å². The molecule has 0 aliphatic rings. The third-order valence-electron chi connectivity index (χ3n) is 2.61. The fourth-order valence-corrected chi connectivity index (χ4v) is 1.71. The summed E-state index contributed by atoms with van der Waals surface area (Å²) in [5.41, 5.74) is 7.36. The highest BCUT2D eigenvalue weighted by molar-refractivity contribution is 6.30. The van der Waals surface area contributed by atoms with Crippen LogP contribution in [0.3, 0.4) is 0 Å². The van der Waals surface area contributed by atoms with Gasteiger partial charge in [0.1, 0.15) is 5.75 Å². The topological polar surface area (TPSA) is 76.4 Å². The summed E-state index contributed by atoms with van der Waals surface area (Å²) in [4.78, 5) is 11.9. The van der Waals surface area contributed by atoms with Gasteiger partial charge in [0.25, 0.3) is 0 Å². The Hall–Kier alpha value is -2.40. The molecule has 0 aliphatic carbocycles. The second kappa shape index (κ2) is 6.16. The number of methoxy groups -OCH3 is 1. The average molecular weight is 292 g/mol. The van der Waals surface area contributed by atoms with Crippen LogP contribution in [0.4, 0.5) is 21.9 Å². The smallest absolute Gasteiger partial charge is 0.323 e. The summed E-state index contributed by atoms with van der Waals surface area (Å²) in [6.07, 6.45) is 0. The van der Waals surface area contributed by atoms with E-state index in [4.69, 9.17) is 22.1 Å². The van der Waals surface area contributed by atoms with Gasteiger partial charge in [-0.15, -0.1) is 0 Å². The minimum atomic E-state index is -0.396. The lowest BCUT2D eigenvalue weighted by atomic mass is 10.2. The number of benzene rings is 2. The van der Waals surface area contributed by atoms with Gasteiger partial charge in [0, 0.05) is 16.8 Å². The van der Waals surface area contributed by atoms with Crippen LogP contribution in [-0.4, -0.2) is 13.1 Å². The Morgan fingerprint density at radius 2 is 1.85 bits per heavy atom. The molecule has 0 atom stereocenters. The molecule has 2 amide bonds. The largest absolute Gasteiger partial charge is 0.497 e. The number of amides is 2. The van der Waals surface area contributed by atoms with Crippen molar-refractivity contribution in [2.75, 3.05) is 23.5 Å². The molecule has 0 saturated carbocycles. The lowest BCUT2D eigenvalue weighted by Gasteiger charge is -2.11. The molecule has 5 nitrogen and oxygen atoms in total. The third kappa shape index (κ3) is 3.55. The van der Waals surface area contributed by atoms with Crippen molar-refractivity contribution in [2.45, 2.75) is 0 Å². The normalized spacial score (nSPS) is 9.90. The molecule has 4 N–H and O–H groups in total. The van der Waals surface area contributed by atoms with E-state index in [-0.39, 0.29) is 0 Å². The number of urea groups is 1. The first-order valence-electron chi connectivity index (χ1n) is 5.85. The molecule has 0 saturated heterocycles. The van der Waals surface area contributed by atoms with Crippen molar-refractivity contribution < 1.29 is 9.53 Å². The quantitative estimate of drug-likeness (QED) is 0.757. The Morgan fingerprint density at radius 1 is 1.15 bits per heavy atom. The van der Waals surface area contributed by atoms with E-state index in [1.165, 1.54) is 0 Å². The maximum Gasteiger partial charge on any atom is 0.323 e. The van der Waals surface area contributed by atoms with E-state index in [0.29, 0.717) is 27.8 Å². The van der Waals surface area contributed by atoms with Crippen molar-refractivity contribution in [3.8, 4) is 5.75 Å². The number of ether oxygens (including phenoxy) is 1. The Labute approximate surface area is 121 Å². The number of nitrogen functional groups attached to an aromatic ring is 1. The van der Waals surface area contributed by atoms with Crippen LogP contribution in [0.25, 0.3) is 0 Å². The number of nitrogens with one attached hydrogen (secondary N) is 2. The van der Waals surface area contributed by atoms with Gasteiger partial charge in [-0.25, -0.2) is 4.79 Å². The third-order valence-corrected chi connectivity index (χ3v) is 2.86. The molecule has 104 valence electrons. The monoisotopic (exact) mass is 291 g/mol. The van der Waals surface area contributed by atoms with Gasteiger partial charge in [-0.05, 0) is 36.4 Å². The van der Waals surface area contributed by atoms with Crippen LogP contribution in [-0.2, 0) is 0 Å². The molecule has 0 unspecified atom stereocenters. The Kier molecular flexibility index (Phi) is 4.32. The highest BCUT2D eigenvalue weighted by Gasteiger charge is 2.06. The zero-order chi connectivity index (χ0) is 14.5. The van der Waals surface area contributed by atoms with E-state index in [1.807, 2.05) is 0 Å². The molecule has 0 heterocycles. The van der Waals surface area contributed by atoms with E-state index >= 15 is 0 Å². The number of carbonyl (C=O) groups excluding carboxylic acids is 1. The van der Waals surface area contributed by atoms with Crippen molar-refractivity contribution in [2.24, 2.45) is 0 Å². The molecular weight excluding hydrogens is 278 g/mol. The molecule has 0 aliphatic heterocycles. The van der Waals surface area contributed by atoms with E-state index < -0.39 is 6.03 Å². The lowest BCUT2D eigenvalue weighted by Crippen LogP contribution is -2.20. The van der Waals surface area contributed by atoms with Gasteiger partial charge >= 0.3 is 6.03 Å². The second-order valence-corrected chi connectivity index (χ2v) is 4.48. The predicted molar refractivity (Wildman–Crippen MR) is 81.5 cm³/mol. The standard InChI is InChI=1S/C14H14ClN3O2/c1-20-11-6-7-12(16)13(8-11)18-14(19)17-10-4-2-9(15)3-5-10/h2-8H,16H2,1H3,(H2,17,18,19). The molecule has 2 aromatic carbocycles. The second-order valence-electron chi connectivity index (χ2n) is 4.04. The minimum Gasteiger partial charge on any atom is -0.497 e. The van der Waals surface area contributed by atoms with Crippen LogP contribution in [0.2, 0.25) is 5.02 Å². The number of rotatable bonds is 3. The van der Waals surface area contributed by atoms with Crippen molar-refractivity contribution in [1.29, 1.82) is 0 Å². The minimum absolute atomic E-state index is 0.396. The molecule has 20 heavy (non-hydrogen) atoms. The van der Waals surface area contributed by atoms with Gasteiger partial charge in [0.15, 0.2) is 0 Å². The molecule has 0 spiro atoms. The van der Waals surface area contributed by atoms with Crippen LogP contribution in [0.1, 0.15) is 0 Å². The predicted octanol–water partition coefficient (Wildman–Crippen LogP) is 3.57. The Bertz CT molecular complexity index is 614. The van der Waals surface area contributed by atoms with Crippen LogP contribution in [0.15, 0.2) is 42.5 Å². The molecule has 0 fully saturated rings. The summed E-state index contributed by atoms with van der Waals surface area (Å²) in [6.45, 7) is 0. The van der Waals surface area contributed by atoms with E-state index in [1.54, 1.807) is 49.6 Å². The zero-order valence-electron chi connectivity index (χ0n) is 10.8. The number of nitrogens with two attached hydrogens (primary N) is 1. The lowest BCUT2D eigenvalue weighted by molar-refractivity contribution is 0.262. The summed E-state index contributed by atoms with van der Waals surface area (Å²) in [7, 11) is 1.54. The zero-order valence-corrected chi connectivity index (χ0v) is 11.6. The number of halogens is 1. The number of carbonyl (C=O) groups is 1. The van der Waals surface area contributed by atoms with Crippen molar-refractivity contribution in [3.05, 3.63) is 47.5 Å². The highest BCUT2D eigenvalue weighted by Crippen LogP contribution is 2.24. The van der Waals surface area contributed by atoms with Gasteiger partial charge in [-0.2, -0.15) is 0 Å². The van der Waals surface area contributed by atoms with Gasteiger partial charge in [0.05, 0.1) is 18.5 Å². The van der Waals surface area contributed by atoms with Gasteiger partial charge in [-0.1, -0.05) is 11.6 Å². The number of hydrogen-bond acceptors (Lipinski definition) is 3. The fourth-order valence-electron chi connectivity index (χ4n) is 1.59. The molecule has 0 aromatic heterocycles. The van der Waals surface area contributed by atoms with Crippen LogP contribution in [0, 0.1) is 0 Å². The number of anilines is 3. The van der Waals surface area contributed by atoms with E-state index in [2.05, 4.69) is 10.6 Å². The van der Waals surface area contributed by atoms with Crippen molar-refractivity contribution in [3.63, 3.8) is 0 Å². The molecule has 2 rings (SSSR count). The summed E-state index contributed by atoms with van der Waals surface area (Å²) in [6, 6.07) is 11.4. The van der Waals surface area contributed by atoms with Crippen LogP contribution < -0.4 is 21.1 Å². The summed E-state index contributed by atoms with van der Waals surface area (Å²) in [5, 5.41) is 5.94. The van der Waals surface area contributed by atoms with Gasteiger partial charge < -0.3 is 21.1 Å². The van der Waals surface area contributed by atoms with Crippen LogP contribution >= 0.6 is 11.6 Å². The maximum absolute atomic E-state index is 11.9. The highest BCUT2D eigenvalue weighted by atomic mass is 35.5. The first kappa shape index (κ1) is 14.0. The molecular formula is C14H14ClN3O2. The molecule has 2 aromatic rings. The fraction of sp³-hybridized carbons (Fsp3) is 0.0714. The summed E-state index contributed by atoms with van der Waals surface area (Å²) in [5.74, 6) is 0.612. The first-order valence-corrected chi connectivity index (χ1v) is 6.23. The van der Waals surface area contributed by atoms with Gasteiger partial charge in [0.2, 0.25) is 0 Å². The van der Waals surface area contributed by atoms with Gasteiger partial charge in [-0.3, -0.25) is 0 Å². The number of hydrogen-bond donors (Lipinski definition) is 3. The maximum atomic E-state index is 11.9. The molecule has 0 radical (unpaired) electrons.